The predicted octanol–water partition coefficient (Wildman–Crippen LogP) is 1.67. The Morgan fingerprint density at radius 1 is 1.21 bits per heavy atom. The first kappa shape index (κ1) is 19.2. The van der Waals surface area contributed by atoms with Crippen molar-refractivity contribution >= 4 is 0 Å². The average Bonchev–Trinajstić information content (AvgIpc) is 2.54. The lowest BCUT2D eigenvalue weighted by atomic mass is 9.80. The van der Waals surface area contributed by atoms with Gasteiger partial charge in [-0.2, -0.15) is 0 Å². The Morgan fingerprint density at radius 3 is 2.54 bits per heavy atom. The van der Waals surface area contributed by atoms with E-state index in [0.29, 0.717) is 25.1 Å². The maximum atomic E-state index is 9.83. The van der Waals surface area contributed by atoms with Crippen molar-refractivity contribution in [2.75, 3.05) is 19.7 Å². The first-order valence-corrected chi connectivity index (χ1v) is 9.05. The molecule has 0 aromatic heterocycles. The molecule has 1 unspecified atom stereocenters. The molecular formula is C19H32N2O3. The minimum Gasteiger partial charge on any atom is -0.491 e. The Kier molecular flexibility index (Phi) is 7.99. The van der Waals surface area contributed by atoms with Crippen LogP contribution in [0.25, 0.3) is 0 Å². The normalized spacial score (nSPS) is 21.5. The minimum atomic E-state index is -0.501. The first-order valence-electron chi connectivity index (χ1n) is 9.05. The molecule has 1 aromatic rings. The van der Waals surface area contributed by atoms with Gasteiger partial charge in [0.2, 0.25) is 0 Å². The van der Waals surface area contributed by atoms with Crippen LogP contribution in [-0.4, -0.2) is 48.2 Å². The largest absolute Gasteiger partial charge is 0.491 e. The molecule has 0 amide bonds. The van der Waals surface area contributed by atoms with Gasteiger partial charge in [0, 0.05) is 19.1 Å². The van der Waals surface area contributed by atoms with Crippen molar-refractivity contribution in [1.82, 2.24) is 10.6 Å². The smallest absolute Gasteiger partial charge is 0.119 e. The zero-order chi connectivity index (χ0) is 17.4. The summed E-state index contributed by atoms with van der Waals surface area (Å²) in [6.07, 6.45) is 2.51. The monoisotopic (exact) mass is 336 g/mol. The Morgan fingerprint density at radius 2 is 1.92 bits per heavy atom. The maximum Gasteiger partial charge on any atom is 0.119 e. The number of rotatable bonds is 11. The van der Waals surface area contributed by atoms with Gasteiger partial charge in [0.1, 0.15) is 18.5 Å². The molecule has 1 aromatic carbocycles. The SMILES string of the molecule is CC(C)NCC(O)COc1ccc(CNCCC2CC(O)C2)cc1. The van der Waals surface area contributed by atoms with Crippen molar-refractivity contribution in [3.63, 3.8) is 0 Å². The number of aliphatic hydroxyl groups is 2. The molecule has 0 radical (unpaired) electrons. The van der Waals surface area contributed by atoms with Gasteiger partial charge in [-0.25, -0.2) is 0 Å². The van der Waals surface area contributed by atoms with E-state index in [1.807, 2.05) is 24.3 Å². The van der Waals surface area contributed by atoms with E-state index >= 15 is 0 Å². The molecule has 0 bridgehead atoms. The van der Waals surface area contributed by atoms with Gasteiger partial charge < -0.3 is 25.6 Å². The number of aliphatic hydroxyl groups excluding tert-OH is 2. The van der Waals surface area contributed by atoms with Gasteiger partial charge in [-0.1, -0.05) is 26.0 Å². The van der Waals surface area contributed by atoms with E-state index in [2.05, 4.69) is 24.5 Å². The van der Waals surface area contributed by atoms with Gasteiger partial charge in [0.25, 0.3) is 0 Å². The van der Waals surface area contributed by atoms with Gasteiger partial charge in [0.05, 0.1) is 6.10 Å². The molecule has 0 heterocycles. The molecule has 2 rings (SSSR count). The fraction of sp³-hybridized carbons (Fsp3) is 0.684. The van der Waals surface area contributed by atoms with Crippen LogP contribution in [-0.2, 0) is 6.54 Å². The topological polar surface area (TPSA) is 73.8 Å². The molecule has 5 heteroatoms. The third-order valence-electron chi connectivity index (χ3n) is 4.40. The van der Waals surface area contributed by atoms with Crippen molar-refractivity contribution in [1.29, 1.82) is 0 Å². The molecule has 0 saturated heterocycles. The third-order valence-corrected chi connectivity index (χ3v) is 4.40. The van der Waals surface area contributed by atoms with Crippen LogP contribution in [0.1, 0.15) is 38.7 Å². The molecule has 1 atom stereocenters. The number of ether oxygens (including phenoxy) is 1. The molecule has 24 heavy (non-hydrogen) atoms. The third kappa shape index (κ3) is 7.18. The van der Waals surface area contributed by atoms with Crippen molar-refractivity contribution < 1.29 is 14.9 Å². The van der Waals surface area contributed by atoms with E-state index < -0.39 is 6.10 Å². The Labute approximate surface area is 145 Å². The van der Waals surface area contributed by atoms with Gasteiger partial charge in [0.15, 0.2) is 0 Å². The highest BCUT2D eigenvalue weighted by atomic mass is 16.5. The van der Waals surface area contributed by atoms with Crippen LogP contribution in [0.4, 0.5) is 0 Å². The summed E-state index contributed by atoms with van der Waals surface area (Å²) in [5.74, 6) is 1.48. The standard InChI is InChI=1S/C19H32N2O3/c1-14(2)21-12-18(23)13-24-19-5-3-15(4-6-19)11-20-8-7-16-9-17(22)10-16/h3-6,14,16-18,20-23H,7-13H2,1-2H3. The molecule has 1 aliphatic carbocycles. The molecular weight excluding hydrogens is 304 g/mol. The molecule has 0 aliphatic heterocycles. The Balaban J connectivity index is 1.58. The summed E-state index contributed by atoms with van der Waals surface area (Å²) < 4.78 is 5.61. The van der Waals surface area contributed by atoms with Crippen molar-refractivity contribution in [3.8, 4) is 5.75 Å². The van der Waals surface area contributed by atoms with E-state index in [4.69, 9.17) is 4.74 Å². The summed E-state index contributed by atoms with van der Waals surface area (Å²) in [4.78, 5) is 0. The summed E-state index contributed by atoms with van der Waals surface area (Å²) >= 11 is 0. The first-order chi connectivity index (χ1) is 11.5. The zero-order valence-corrected chi connectivity index (χ0v) is 14.9. The van der Waals surface area contributed by atoms with E-state index in [-0.39, 0.29) is 6.10 Å². The summed E-state index contributed by atoms with van der Waals surface area (Å²) in [5.41, 5.74) is 1.22. The van der Waals surface area contributed by atoms with E-state index in [1.54, 1.807) is 0 Å². The van der Waals surface area contributed by atoms with Gasteiger partial charge >= 0.3 is 0 Å². The summed E-state index contributed by atoms with van der Waals surface area (Å²) in [6, 6.07) is 8.35. The van der Waals surface area contributed by atoms with E-state index in [9.17, 15) is 10.2 Å². The fourth-order valence-corrected chi connectivity index (χ4v) is 2.80. The Hall–Kier alpha value is -1.14. The lowest BCUT2D eigenvalue weighted by molar-refractivity contribution is 0.0393. The van der Waals surface area contributed by atoms with Gasteiger partial charge in [-0.05, 0) is 49.4 Å². The second-order valence-corrected chi connectivity index (χ2v) is 7.13. The molecule has 4 N–H and O–H groups in total. The lowest BCUT2D eigenvalue weighted by Crippen LogP contribution is -2.35. The van der Waals surface area contributed by atoms with Gasteiger partial charge in [-0.15, -0.1) is 0 Å². The highest BCUT2D eigenvalue weighted by Crippen LogP contribution is 2.29. The number of hydrogen-bond donors (Lipinski definition) is 4. The number of hydrogen-bond acceptors (Lipinski definition) is 5. The predicted molar refractivity (Wildman–Crippen MR) is 96.1 cm³/mol. The maximum absolute atomic E-state index is 9.83. The van der Waals surface area contributed by atoms with E-state index in [1.165, 1.54) is 5.56 Å². The average molecular weight is 336 g/mol. The zero-order valence-electron chi connectivity index (χ0n) is 14.9. The van der Waals surface area contributed by atoms with Crippen molar-refractivity contribution in [2.45, 2.75) is 57.9 Å². The van der Waals surface area contributed by atoms with E-state index in [0.717, 1.165) is 38.1 Å². The molecule has 5 nitrogen and oxygen atoms in total. The van der Waals surface area contributed by atoms with Crippen molar-refractivity contribution in [2.24, 2.45) is 5.92 Å². The van der Waals surface area contributed by atoms with Crippen LogP contribution in [0, 0.1) is 5.92 Å². The summed E-state index contributed by atoms with van der Waals surface area (Å²) in [6.45, 7) is 6.77. The fourth-order valence-electron chi connectivity index (χ4n) is 2.80. The van der Waals surface area contributed by atoms with Crippen LogP contribution in [0.15, 0.2) is 24.3 Å². The van der Waals surface area contributed by atoms with Crippen LogP contribution < -0.4 is 15.4 Å². The second-order valence-electron chi connectivity index (χ2n) is 7.13. The molecule has 1 saturated carbocycles. The van der Waals surface area contributed by atoms with Crippen LogP contribution in [0.3, 0.4) is 0 Å². The van der Waals surface area contributed by atoms with Crippen LogP contribution in [0.2, 0.25) is 0 Å². The molecule has 0 spiro atoms. The lowest BCUT2D eigenvalue weighted by Gasteiger charge is -2.31. The summed E-state index contributed by atoms with van der Waals surface area (Å²) in [7, 11) is 0. The molecule has 1 fully saturated rings. The van der Waals surface area contributed by atoms with Crippen LogP contribution in [0.5, 0.6) is 5.75 Å². The minimum absolute atomic E-state index is 0.0535. The van der Waals surface area contributed by atoms with Crippen LogP contribution >= 0.6 is 0 Å². The highest BCUT2D eigenvalue weighted by Gasteiger charge is 2.26. The van der Waals surface area contributed by atoms with Gasteiger partial charge in [-0.3, -0.25) is 0 Å². The second kappa shape index (κ2) is 9.99. The molecule has 136 valence electrons. The van der Waals surface area contributed by atoms with Crippen molar-refractivity contribution in [3.05, 3.63) is 29.8 Å². The summed E-state index contributed by atoms with van der Waals surface area (Å²) in [5, 5.41) is 25.7. The quantitative estimate of drug-likeness (QED) is 0.463. The Bertz CT molecular complexity index is 458. The number of nitrogens with one attached hydrogen (secondary N) is 2. The highest BCUT2D eigenvalue weighted by molar-refractivity contribution is 5.27. The molecule has 1 aliphatic rings. The number of benzene rings is 1.